The van der Waals surface area contributed by atoms with Gasteiger partial charge in [-0.2, -0.15) is 5.10 Å². The number of aromatic nitrogens is 2. The molecule has 0 spiro atoms. The number of rotatable bonds is 7. The highest BCUT2D eigenvalue weighted by atomic mass is 16.4. The fourth-order valence-electron chi connectivity index (χ4n) is 2.07. The first-order valence-corrected chi connectivity index (χ1v) is 7.32. The second-order valence-electron chi connectivity index (χ2n) is 5.15. The molecule has 2 aromatic rings. The summed E-state index contributed by atoms with van der Waals surface area (Å²) in [5.41, 5.74) is 1.86. The summed E-state index contributed by atoms with van der Waals surface area (Å²) in [5, 5.41) is 17.6. The van der Waals surface area contributed by atoms with Crippen molar-refractivity contribution in [3.63, 3.8) is 0 Å². The molecule has 0 aliphatic rings. The molecule has 24 heavy (non-hydrogen) atoms. The van der Waals surface area contributed by atoms with Gasteiger partial charge in [0.05, 0.1) is 0 Å². The maximum Gasteiger partial charge on any atom is 0.322 e. The SMILES string of the molecule is Cn1nccc1CCC(=O)Nc1ccc(C(=O)NCC(=O)O)cc1. The third-order valence-corrected chi connectivity index (χ3v) is 3.36. The van der Waals surface area contributed by atoms with Gasteiger partial charge in [0, 0.05) is 36.6 Å². The number of nitrogens with one attached hydrogen (secondary N) is 2. The van der Waals surface area contributed by atoms with E-state index in [1.54, 1.807) is 23.0 Å². The zero-order valence-corrected chi connectivity index (χ0v) is 13.2. The zero-order valence-electron chi connectivity index (χ0n) is 13.2. The number of anilines is 1. The lowest BCUT2D eigenvalue weighted by molar-refractivity contribution is -0.135. The van der Waals surface area contributed by atoms with Crippen molar-refractivity contribution in [1.29, 1.82) is 0 Å². The number of carboxylic acid groups (broad SMARTS) is 1. The first-order chi connectivity index (χ1) is 11.5. The minimum Gasteiger partial charge on any atom is -0.480 e. The number of benzene rings is 1. The van der Waals surface area contributed by atoms with Gasteiger partial charge in [0.1, 0.15) is 6.54 Å². The molecular weight excluding hydrogens is 312 g/mol. The van der Waals surface area contributed by atoms with Crippen LogP contribution in [0.2, 0.25) is 0 Å². The molecule has 126 valence electrons. The Balaban J connectivity index is 1.84. The average Bonchev–Trinajstić information content (AvgIpc) is 2.96. The second kappa shape index (κ2) is 7.91. The molecule has 0 radical (unpaired) electrons. The average molecular weight is 330 g/mol. The van der Waals surface area contributed by atoms with Crippen LogP contribution in [0.25, 0.3) is 0 Å². The monoisotopic (exact) mass is 330 g/mol. The van der Waals surface area contributed by atoms with Crippen molar-refractivity contribution in [2.24, 2.45) is 7.05 Å². The van der Waals surface area contributed by atoms with Gasteiger partial charge < -0.3 is 15.7 Å². The van der Waals surface area contributed by atoms with Crippen molar-refractivity contribution in [1.82, 2.24) is 15.1 Å². The highest BCUT2D eigenvalue weighted by Crippen LogP contribution is 2.11. The Morgan fingerprint density at radius 2 is 1.88 bits per heavy atom. The number of carboxylic acids is 1. The van der Waals surface area contributed by atoms with Crippen molar-refractivity contribution in [3.05, 3.63) is 47.8 Å². The van der Waals surface area contributed by atoms with Crippen LogP contribution in [-0.4, -0.2) is 39.2 Å². The third-order valence-electron chi connectivity index (χ3n) is 3.36. The van der Waals surface area contributed by atoms with Crippen LogP contribution in [0.1, 0.15) is 22.5 Å². The van der Waals surface area contributed by atoms with E-state index in [0.717, 1.165) is 5.69 Å². The van der Waals surface area contributed by atoms with Crippen molar-refractivity contribution in [3.8, 4) is 0 Å². The second-order valence-corrected chi connectivity index (χ2v) is 5.15. The zero-order chi connectivity index (χ0) is 17.5. The van der Waals surface area contributed by atoms with Gasteiger partial charge in [-0.15, -0.1) is 0 Å². The molecule has 0 bridgehead atoms. The molecule has 0 saturated carbocycles. The third kappa shape index (κ3) is 4.94. The maximum atomic E-state index is 11.9. The minimum absolute atomic E-state index is 0.140. The standard InChI is InChI=1S/C16H18N4O4/c1-20-13(8-9-18-20)6-7-14(21)19-12-4-2-11(3-5-12)16(24)17-10-15(22)23/h2-5,8-9H,6-7,10H2,1H3,(H,17,24)(H,19,21)(H,22,23). The van der Waals surface area contributed by atoms with Gasteiger partial charge in [0.25, 0.3) is 5.91 Å². The van der Waals surface area contributed by atoms with Gasteiger partial charge >= 0.3 is 5.97 Å². The summed E-state index contributed by atoms with van der Waals surface area (Å²) in [6.45, 7) is -0.439. The number of hydrogen-bond acceptors (Lipinski definition) is 4. The van der Waals surface area contributed by atoms with E-state index in [2.05, 4.69) is 15.7 Å². The largest absolute Gasteiger partial charge is 0.480 e. The number of carbonyl (C=O) groups is 3. The highest BCUT2D eigenvalue weighted by molar-refractivity contribution is 5.97. The summed E-state index contributed by atoms with van der Waals surface area (Å²) < 4.78 is 1.72. The summed E-state index contributed by atoms with van der Waals surface area (Å²) >= 11 is 0. The molecule has 0 fully saturated rings. The molecule has 0 atom stereocenters. The van der Waals surface area contributed by atoms with Gasteiger partial charge in [-0.3, -0.25) is 19.1 Å². The molecule has 0 unspecified atom stereocenters. The molecule has 3 N–H and O–H groups in total. The summed E-state index contributed by atoms with van der Waals surface area (Å²) in [4.78, 5) is 34.0. The molecule has 2 amide bonds. The lowest BCUT2D eigenvalue weighted by Crippen LogP contribution is -2.29. The molecule has 1 aromatic heterocycles. The van der Waals surface area contributed by atoms with E-state index in [1.807, 2.05) is 13.1 Å². The Bertz CT molecular complexity index is 737. The number of hydrogen-bond donors (Lipinski definition) is 3. The Hall–Kier alpha value is -3.16. The Morgan fingerprint density at radius 1 is 1.17 bits per heavy atom. The number of carbonyl (C=O) groups excluding carboxylic acids is 2. The van der Waals surface area contributed by atoms with Crippen LogP contribution >= 0.6 is 0 Å². The molecule has 0 aliphatic heterocycles. The summed E-state index contributed by atoms with van der Waals surface area (Å²) in [7, 11) is 1.82. The van der Waals surface area contributed by atoms with Crippen LogP contribution in [0.3, 0.4) is 0 Å². The lowest BCUT2D eigenvalue weighted by Gasteiger charge is -2.07. The van der Waals surface area contributed by atoms with Gasteiger partial charge in [-0.1, -0.05) is 0 Å². The number of amides is 2. The number of nitrogens with zero attached hydrogens (tertiary/aromatic N) is 2. The van der Waals surface area contributed by atoms with Gasteiger partial charge in [0.2, 0.25) is 5.91 Å². The van der Waals surface area contributed by atoms with Crippen LogP contribution in [0, 0.1) is 0 Å². The van der Waals surface area contributed by atoms with E-state index >= 15 is 0 Å². The quantitative estimate of drug-likeness (QED) is 0.695. The molecule has 1 heterocycles. The minimum atomic E-state index is -1.11. The van der Waals surface area contributed by atoms with Crippen molar-refractivity contribution in [2.45, 2.75) is 12.8 Å². The predicted octanol–water partition coefficient (Wildman–Crippen LogP) is 0.806. The van der Waals surface area contributed by atoms with E-state index in [1.165, 1.54) is 12.1 Å². The summed E-state index contributed by atoms with van der Waals surface area (Å²) in [6, 6.07) is 8.09. The van der Waals surface area contributed by atoms with E-state index in [0.29, 0.717) is 24.1 Å². The summed E-state index contributed by atoms with van der Waals surface area (Å²) in [6.07, 6.45) is 2.58. The normalized spacial score (nSPS) is 10.2. The molecular formula is C16H18N4O4. The van der Waals surface area contributed by atoms with Gasteiger partial charge in [0.15, 0.2) is 0 Å². The van der Waals surface area contributed by atoms with E-state index in [9.17, 15) is 14.4 Å². The Kier molecular flexibility index (Phi) is 5.67. The number of aryl methyl sites for hydroxylation is 2. The Morgan fingerprint density at radius 3 is 2.46 bits per heavy atom. The van der Waals surface area contributed by atoms with Crippen LogP contribution in [0.15, 0.2) is 36.5 Å². The van der Waals surface area contributed by atoms with E-state index in [4.69, 9.17) is 5.11 Å². The Labute approximate surface area is 138 Å². The predicted molar refractivity (Wildman–Crippen MR) is 86.6 cm³/mol. The fraction of sp³-hybridized carbons (Fsp3) is 0.250. The van der Waals surface area contributed by atoms with Crippen LogP contribution in [-0.2, 0) is 23.1 Å². The van der Waals surface area contributed by atoms with Crippen LogP contribution in [0.5, 0.6) is 0 Å². The smallest absolute Gasteiger partial charge is 0.322 e. The molecule has 1 aromatic carbocycles. The van der Waals surface area contributed by atoms with Crippen molar-refractivity contribution < 1.29 is 19.5 Å². The lowest BCUT2D eigenvalue weighted by atomic mass is 10.2. The highest BCUT2D eigenvalue weighted by Gasteiger charge is 2.08. The fourth-order valence-corrected chi connectivity index (χ4v) is 2.07. The van der Waals surface area contributed by atoms with Gasteiger partial charge in [-0.05, 0) is 36.8 Å². The van der Waals surface area contributed by atoms with E-state index < -0.39 is 18.4 Å². The first-order valence-electron chi connectivity index (χ1n) is 7.32. The maximum absolute atomic E-state index is 11.9. The number of aliphatic carboxylic acids is 1. The van der Waals surface area contributed by atoms with Crippen LogP contribution < -0.4 is 10.6 Å². The molecule has 0 aliphatic carbocycles. The first kappa shape index (κ1) is 17.2. The van der Waals surface area contributed by atoms with Crippen molar-refractivity contribution in [2.75, 3.05) is 11.9 Å². The summed E-state index contributed by atoms with van der Waals surface area (Å²) in [5.74, 6) is -1.73. The van der Waals surface area contributed by atoms with Crippen molar-refractivity contribution >= 4 is 23.5 Å². The molecule has 8 nitrogen and oxygen atoms in total. The van der Waals surface area contributed by atoms with Gasteiger partial charge in [-0.25, -0.2) is 0 Å². The van der Waals surface area contributed by atoms with E-state index in [-0.39, 0.29) is 5.91 Å². The molecule has 8 heteroatoms. The molecule has 0 saturated heterocycles. The molecule has 2 rings (SSSR count). The van der Waals surface area contributed by atoms with Crippen LogP contribution in [0.4, 0.5) is 5.69 Å². The topological polar surface area (TPSA) is 113 Å².